The molecule has 1 aromatic heterocycles. The molecule has 1 heterocycles. The summed E-state index contributed by atoms with van der Waals surface area (Å²) in [6.45, 7) is 5.09. The summed E-state index contributed by atoms with van der Waals surface area (Å²) in [7, 11) is 0. The number of hydrogen-bond donors (Lipinski definition) is 0. The SMILES string of the molecule is CC(C)(C)C(=O)COC(=O)Cn1nnc2ccccc21. The highest BCUT2D eigenvalue weighted by Gasteiger charge is 2.22. The zero-order valence-corrected chi connectivity index (χ0v) is 11.8. The third kappa shape index (κ3) is 3.20. The fourth-order valence-electron chi connectivity index (χ4n) is 1.56. The molecule has 0 bridgehead atoms. The van der Waals surface area contributed by atoms with Crippen molar-refractivity contribution in [1.82, 2.24) is 15.0 Å². The minimum atomic E-state index is -0.514. The van der Waals surface area contributed by atoms with Crippen LogP contribution in [0, 0.1) is 5.41 Å². The summed E-state index contributed by atoms with van der Waals surface area (Å²) >= 11 is 0. The molecule has 0 saturated carbocycles. The smallest absolute Gasteiger partial charge is 0.328 e. The van der Waals surface area contributed by atoms with Gasteiger partial charge in [-0.2, -0.15) is 0 Å². The maximum Gasteiger partial charge on any atom is 0.328 e. The fourth-order valence-corrected chi connectivity index (χ4v) is 1.56. The molecule has 0 aliphatic carbocycles. The standard InChI is InChI=1S/C14H17N3O3/c1-14(2,3)12(18)9-20-13(19)8-17-11-7-5-4-6-10(11)15-16-17/h4-7H,8-9H2,1-3H3. The number of aromatic nitrogens is 3. The lowest BCUT2D eigenvalue weighted by Gasteiger charge is -2.16. The van der Waals surface area contributed by atoms with Gasteiger partial charge in [-0.15, -0.1) is 5.10 Å². The van der Waals surface area contributed by atoms with Gasteiger partial charge in [-0.25, -0.2) is 4.68 Å². The van der Waals surface area contributed by atoms with Crippen LogP contribution in [0.5, 0.6) is 0 Å². The van der Waals surface area contributed by atoms with Gasteiger partial charge in [-0.1, -0.05) is 38.1 Å². The van der Waals surface area contributed by atoms with Gasteiger partial charge in [-0.3, -0.25) is 9.59 Å². The van der Waals surface area contributed by atoms with E-state index in [9.17, 15) is 9.59 Å². The van der Waals surface area contributed by atoms with E-state index in [1.807, 2.05) is 24.3 Å². The summed E-state index contributed by atoms with van der Waals surface area (Å²) in [5.41, 5.74) is 0.956. The Balaban J connectivity index is 1.97. The Bertz CT molecular complexity index is 640. The molecule has 0 aliphatic rings. The average molecular weight is 275 g/mol. The lowest BCUT2D eigenvalue weighted by molar-refractivity contribution is -0.150. The molecule has 20 heavy (non-hydrogen) atoms. The van der Waals surface area contributed by atoms with E-state index in [2.05, 4.69) is 10.3 Å². The molecule has 106 valence electrons. The zero-order chi connectivity index (χ0) is 14.8. The Labute approximate surface area is 116 Å². The molecule has 0 aliphatic heterocycles. The van der Waals surface area contributed by atoms with Crippen molar-refractivity contribution >= 4 is 22.8 Å². The van der Waals surface area contributed by atoms with Gasteiger partial charge in [0.25, 0.3) is 0 Å². The molecule has 0 radical (unpaired) electrons. The van der Waals surface area contributed by atoms with E-state index in [1.54, 1.807) is 20.8 Å². The molecule has 0 fully saturated rings. The highest BCUT2D eigenvalue weighted by atomic mass is 16.5. The van der Waals surface area contributed by atoms with Crippen molar-refractivity contribution in [3.8, 4) is 0 Å². The first-order valence-electron chi connectivity index (χ1n) is 6.35. The molecule has 0 N–H and O–H groups in total. The van der Waals surface area contributed by atoms with Crippen LogP contribution in [0.4, 0.5) is 0 Å². The molecule has 0 saturated heterocycles. The quantitative estimate of drug-likeness (QED) is 0.792. The molecule has 0 spiro atoms. The van der Waals surface area contributed by atoms with E-state index in [1.165, 1.54) is 4.68 Å². The van der Waals surface area contributed by atoms with Crippen LogP contribution in [0.2, 0.25) is 0 Å². The number of hydrogen-bond acceptors (Lipinski definition) is 5. The van der Waals surface area contributed by atoms with Crippen molar-refractivity contribution < 1.29 is 14.3 Å². The Morgan fingerprint density at radius 1 is 1.25 bits per heavy atom. The second kappa shape index (κ2) is 5.40. The molecule has 1 aromatic carbocycles. The number of ketones is 1. The number of ether oxygens (including phenoxy) is 1. The normalized spacial score (nSPS) is 11.6. The maximum absolute atomic E-state index is 11.7. The van der Waals surface area contributed by atoms with Crippen molar-refractivity contribution in [2.75, 3.05) is 6.61 Å². The minimum Gasteiger partial charge on any atom is -0.456 e. The summed E-state index contributed by atoms with van der Waals surface area (Å²) < 4.78 is 6.43. The molecule has 6 nitrogen and oxygen atoms in total. The Morgan fingerprint density at radius 2 is 1.95 bits per heavy atom. The molecule has 0 unspecified atom stereocenters. The van der Waals surface area contributed by atoms with Gasteiger partial charge in [-0.05, 0) is 12.1 Å². The van der Waals surface area contributed by atoms with Crippen molar-refractivity contribution in [2.24, 2.45) is 5.41 Å². The Kier molecular flexibility index (Phi) is 3.83. The number of carbonyl (C=O) groups is 2. The van der Waals surface area contributed by atoms with Crippen LogP contribution in [0.25, 0.3) is 11.0 Å². The largest absolute Gasteiger partial charge is 0.456 e. The number of rotatable bonds is 4. The van der Waals surface area contributed by atoms with Crippen LogP contribution < -0.4 is 0 Å². The molecule has 2 aromatic rings. The summed E-state index contributed by atoms with van der Waals surface area (Å²) in [6.07, 6.45) is 0. The number of esters is 1. The molecular formula is C14H17N3O3. The summed E-state index contributed by atoms with van der Waals surface area (Å²) in [5, 5.41) is 7.84. The second-order valence-corrected chi connectivity index (χ2v) is 5.57. The summed E-state index contributed by atoms with van der Waals surface area (Å²) in [6, 6.07) is 7.33. The number of nitrogens with zero attached hydrogens (tertiary/aromatic N) is 3. The number of para-hydroxylation sites is 1. The van der Waals surface area contributed by atoms with Gasteiger partial charge in [0.05, 0.1) is 5.52 Å². The number of Topliss-reactive ketones (excluding diaryl/α,β-unsaturated/α-hetero) is 1. The summed E-state index contributed by atoms with van der Waals surface area (Å²) in [5.74, 6) is -0.618. The Hall–Kier alpha value is -2.24. The first-order valence-corrected chi connectivity index (χ1v) is 6.35. The van der Waals surface area contributed by atoms with Gasteiger partial charge < -0.3 is 4.74 Å². The van der Waals surface area contributed by atoms with Gasteiger partial charge in [0.1, 0.15) is 12.1 Å². The first kappa shape index (κ1) is 14.2. The second-order valence-electron chi connectivity index (χ2n) is 5.57. The predicted molar refractivity (Wildman–Crippen MR) is 72.9 cm³/mol. The lowest BCUT2D eigenvalue weighted by Crippen LogP contribution is -2.27. The maximum atomic E-state index is 11.7. The van der Waals surface area contributed by atoms with Crippen LogP contribution in [-0.2, 0) is 20.9 Å². The van der Waals surface area contributed by atoms with Crippen LogP contribution in [0.3, 0.4) is 0 Å². The van der Waals surface area contributed by atoms with Crippen LogP contribution in [-0.4, -0.2) is 33.4 Å². The van der Waals surface area contributed by atoms with Gasteiger partial charge in [0, 0.05) is 5.41 Å². The van der Waals surface area contributed by atoms with Gasteiger partial charge in [0.15, 0.2) is 12.4 Å². The number of fused-ring (bicyclic) bond motifs is 1. The van der Waals surface area contributed by atoms with E-state index in [4.69, 9.17) is 4.74 Å². The van der Waals surface area contributed by atoms with Crippen molar-refractivity contribution in [1.29, 1.82) is 0 Å². The van der Waals surface area contributed by atoms with Crippen LogP contribution in [0.15, 0.2) is 24.3 Å². The van der Waals surface area contributed by atoms with E-state index >= 15 is 0 Å². The fraction of sp³-hybridized carbons (Fsp3) is 0.429. The highest BCUT2D eigenvalue weighted by molar-refractivity contribution is 5.86. The first-order chi connectivity index (χ1) is 9.38. The van der Waals surface area contributed by atoms with E-state index < -0.39 is 11.4 Å². The molecule has 0 amide bonds. The minimum absolute atomic E-state index is 0.0576. The molecule has 2 rings (SSSR count). The third-order valence-electron chi connectivity index (χ3n) is 2.90. The van der Waals surface area contributed by atoms with E-state index in [-0.39, 0.29) is 18.9 Å². The highest BCUT2D eigenvalue weighted by Crippen LogP contribution is 2.14. The summed E-state index contributed by atoms with van der Waals surface area (Å²) in [4.78, 5) is 23.4. The van der Waals surface area contributed by atoms with Crippen molar-refractivity contribution in [3.63, 3.8) is 0 Å². The van der Waals surface area contributed by atoms with Gasteiger partial charge >= 0.3 is 5.97 Å². The van der Waals surface area contributed by atoms with Crippen molar-refractivity contribution in [3.05, 3.63) is 24.3 Å². The number of benzene rings is 1. The zero-order valence-electron chi connectivity index (χ0n) is 11.8. The predicted octanol–water partition coefficient (Wildman–Crippen LogP) is 1.59. The molecule has 0 atom stereocenters. The lowest BCUT2D eigenvalue weighted by atomic mass is 9.91. The Morgan fingerprint density at radius 3 is 2.65 bits per heavy atom. The third-order valence-corrected chi connectivity index (χ3v) is 2.90. The number of carbonyl (C=O) groups excluding carboxylic acids is 2. The van der Waals surface area contributed by atoms with E-state index in [0.717, 1.165) is 5.52 Å². The average Bonchev–Trinajstić information content (AvgIpc) is 2.78. The molecule has 6 heteroatoms. The molecular weight excluding hydrogens is 258 g/mol. The van der Waals surface area contributed by atoms with Crippen LogP contribution >= 0.6 is 0 Å². The topological polar surface area (TPSA) is 74.1 Å². The van der Waals surface area contributed by atoms with Gasteiger partial charge in [0.2, 0.25) is 0 Å². The van der Waals surface area contributed by atoms with E-state index in [0.29, 0.717) is 5.52 Å². The monoisotopic (exact) mass is 275 g/mol. The van der Waals surface area contributed by atoms with Crippen LogP contribution in [0.1, 0.15) is 20.8 Å². The van der Waals surface area contributed by atoms with Crippen molar-refractivity contribution in [2.45, 2.75) is 27.3 Å².